The van der Waals surface area contributed by atoms with Crippen molar-refractivity contribution in [2.24, 2.45) is 0 Å². The number of nitrogens with one attached hydrogen (secondary N) is 1. The van der Waals surface area contributed by atoms with E-state index in [0.717, 1.165) is 4.68 Å². The summed E-state index contributed by atoms with van der Waals surface area (Å²) in [5.74, 6) is 0.0169. The number of amides is 1. The Hall–Kier alpha value is -3.04. The lowest BCUT2D eigenvalue weighted by Crippen LogP contribution is -2.19. The second-order valence-corrected chi connectivity index (χ2v) is 6.77. The molecule has 0 saturated heterocycles. The van der Waals surface area contributed by atoms with Gasteiger partial charge >= 0.3 is 6.18 Å². The minimum absolute atomic E-state index is 0.0115. The van der Waals surface area contributed by atoms with Crippen LogP contribution in [-0.4, -0.2) is 33.0 Å². The van der Waals surface area contributed by atoms with E-state index in [1.54, 1.807) is 32.9 Å². The van der Waals surface area contributed by atoms with Crippen LogP contribution >= 0.6 is 0 Å². The van der Waals surface area contributed by atoms with Crippen molar-refractivity contribution >= 4 is 22.6 Å². The number of halogens is 3. The summed E-state index contributed by atoms with van der Waals surface area (Å²) >= 11 is 0. The van der Waals surface area contributed by atoms with Crippen molar-refractivity contribution in [3.63, 3.8) is 0 Å². The number of oxazole rings is 1. The third-order valence-corrected chi connectivity index (χ3v) is 4.01. The van der Waals surface area contributed by atoms with Crippen LogP contribution in [0.1, 0.15) is 42.9 Å². The van der Waals surface area contributed by atoms with Gasteiger partial charge in [-0.25, -0.2) is 4.98 Å². The molecule has 2 heterocycles. The smallest absolute Gasteiger partial charge is 0.408 e. The van der Waals surface area contributed by atoms with Gasteiger partial charge in [0.15, 0.2) is 11.7 Å². The van der Waals surface area contributed by atoms with Crippen LogP contribution in [0.3, 0.4) is 0 Å². The first-order chi connectivity index (χ1) is 13.6. The zero-order chi connectivity index (χ0) is 21.3. The van der Waals surface area contributed by atoms with E-state index in [9.17, 15) is 18.0 Å². The fourth-order valence-electron chi connectivity index (χ4n) is 2.91. The molecule has 3 rings (SSSR count). The number of carbonyl (C=O) groups is 1. The van der Waals surface area contributed by atoms with Gasteiger partial charge in [0.1, 0.15) is 12.3 Å². The molecule has 0 atom stereocenters. The van der Waals surface area contributed by atoms with Gasteiger partial charge in [-0.2, -0.15) is 18.3 Å². The molecule has 0 unspecified atom stereocenters. The number of rotatable bonds is 6. The van der Waals surface area contributed by atoms with Gasteiger partial charge in [-0.3, -0.25) is 9.48 Å². The SMILES string of the molecule is CCc1nc(C)c(C(=O)Nc2nn(CC(F)(F)F)c3cccc(OC(C)C)c23)o1. The number of alkyl halides is 3. The van der Waals surface area contributed by atoms with E-state index < -0.39 is 18.6 Å². The van der Waals surface area contributed by atoms with Gasteiger partial charge in [0.05, 0.1) is 22.7 Å². The van der Waals surface area contributed by atoms with E-state index in [4.69, 9.17) is 9.15 Å². The lowest BCUT2D eigenvalue weighted by atomic mass is 10.2. The molecule has 1 aromatic carbocycles. The van der Waals surface area contributed by atoms with Crippen molar-refractivity contribution in [1.29, 1.82) is 0 Å². The quantitative estimate of drug-likeness (QED) is 0.647. The second kappa shape index (κ2) is 7.76. The van der Waals surface area contributed by atoms with E-state index in [-0.39, 0.29) is 28.6 Å². The molecule has 1 amide bonds. The number of hydrogen-bond acceptors (Lipinski definition) is 5. The molecule has 0 spiro atoms. The molecule has 0 aliphatic heterocycles. The zero-order valence-electron chi connectivity index (χ0n) is 16.4. The maximum absolute atomic E-state index is 13.0. The molecule has 0 saturated carbocycles. The molecule has 7 nitrogen and oxygen atoms in total. The third-order valence-electron chi connectivity index (χ3n) is 4.01. The van der Waals surface area contributed by atoms with Crippen molar-refractivity contribution in [2.45, 2.75) is 52.9 Å². The Labute approximate surface area is 164 Å². The Kier molecular flexibility index (Phi) is 5.54. The minimum Gasteiger partial charge on any atom is -0.490 e. The Morgan fingerprint density at radius 1 is 1.34 bits per heavy atom. The topological polar surface area (TPSA) is 82.2 Å². The van der Waals surface area contributed by atoms with Gasteiger partial charge < -0.3 is 14.5 Å². The first-order valence-electron chi connectivity index (χ1n) is 9.09. The lowest BCUT2D eigenvalue weighted by Gasteiger charge is -2.12. The molecular formula is C19H21F3N4O3. The number of benzene rings is 1. The van der Waals surface area contributed by atoms with Gasteiger partial charge in [0.2, 0.25) is 5.76 Å². The average Bonchev–Trinajstić information content (AvgIpc) is 3.14. The summed E-state index contributed by atoms with van der Waals surface area (Å²) in [7, 11) is 0. The number of fused-ring (bicyclic) bond motifs is 1. The fraction of sp³-hybridized carbons (Fsp3) is 0.421. The highest BCUT2D eigenvalue weighted by Gasteiger charge is 2.31. The van der Waals surface area contributed by atoms with Crippen LogP contribution in [0.25, 0.3) is 10.9 Å². The van der Waals surface area contributed by atoms with Crippen LogP contribution in [0, 0.1) is 6.92 Å². The number of carbonyl (C=O) groups excluding carboxylic acids is 1. The predicted octanol–water partition coefficient (Wildman–Crippen LogP) is 4.50. The molecule has 156 valence electrons. The summed E-state index contributed by atoms with van der Waals surface area (Å²) in [5, 5.41) is 6.82. The average molecular weight is 410 g/mol. The first-order valence-corrected chi connectivity index (χ1v) is 9.09. The molecule has 1 N–H and O–H groups in total. The van der Waals surface area contributed by atoms with E-state index in [0.29, 0.717) is 23.8 Å². The van der Waals surface area contributed by atoms with E-state index in [1.165, 1.54) is 6.07 Å². The number of ether oxygens (including phenoxy) is 1. The van der Waals surface area contributed by atoms with Crippen LogP contribution in [0.2, 0.25) is 0 Å². The van der Waals surface area contributed by atoms with Crippen LogP contribution in [0.15, 0.2) is 22.6 Å². The summed E-state index contributed by atoms with van der Waals surface area (Å²) in [6, 6.07) is 4.69. The molecule has 0 radical (unpaired) electrons. The van der Waals surface area contributed by atoms with Crippen LogP contribution in [0.4, 0.5) is 19.0 Å². The summed E-state index contributed by atoms with van der Waals surface area (Å²) in [6.07, 6.45) is -4.20. The maximum atomic E-state index is 13.0. The van der Waals surface area contributed by atoms with E-state index in [2.05, 4.69) is 15.4 Å². The van der Waals surface area contributed by atoms with Gasteiger partial charge in [-0.1, -0.05) is 13.0 Å². The van der Waals surface area contributed by atoms with Crippen molar-refractivity contribution in [3.8, 4) is 5.75 Å². The van der Waals surface area contributed by atoms with Crippen LogP contribution in [-0.2, 0) is 13.0 Å². The highest BCUT2D eigenvalue weighted by Crippen LogP contribution is 2.34. The van der Waals surface area contributed by atoms with Crippen molar-refractivity contribution in [2.75, 3.05) is 5.32 Å². The highest BCUT2D eigenvalue weighted by atomic mass is 19.4. The number of aryl methyl sites for hydroxylation is 2. The number of hydrogen-bond donors (Lipinski definition) is 1. The molecule has 0 aliphatic rings. The Bertz CT molecular complexity index is 1040. The van der Waals surface area contributed by atoms with E-state index >= 15 is 0 Å². The molecule has 3 aromatic rings. The van der Waals surface area contributed by atoms with Crippen molar-refractivity contribution in [1.82, 2.24) is 14.8 Å². The van der Waals surface area contributed by atoms with Crippen LogP contribution < -0.4 is 10.1 Å². The summed E-state index contributed by atoms with van der Waals surface area (Å²) in [5.41, 5.74) is 0.580. The maximum Gasteiger partial charge on any atom is 0.408 e. The van der Waals surface area contributed by atoms with E-state index in [1.807, 2.05) is 6.92 Å². The van der Waals surface area contributed by atoms with Gasteiger partial charge in [-0.05, 0) is 32.9 Å². The molecule has 0 aliphatic carbocycles. The Balaban J connectivity index is 2.07. The Morgan fingerprint density at radius 2 is 2.07 bits per heavy atom. The third kappa shape index (κ3) is 4.52. The van der Waals surface area contributed by atoms with Gasteiger partial charge in [0, 0.05) is 6.42 Å². The second-order valence-electron chi connectivity index (χ2n) is 6.77. The normalized spacial score (nSPS) is 12.0. The summed E-state index contributed by atoms with van der Waals surface area (Å²) in [4.78, 5) is 16.8. The molecular weight excluding hydrogens is 389 g/mol. The molecule has 10 heteroatoms. The largest absolute Gasteiger partial charge is 0.490 e. The molecule has 2 aromatic heterocycles. The molecule has 0 bridgehead atoms. The standard InChI is InChI=1S/C19H21F3N4O3/c1-5-14-23-11(4)16(29-14)18(27)24-17-15-12(26(25-17)9-19(20,21)22)7-6-8-13(15)28-10(2)3/h6-8,10H,5,9H2,1-4H3,(H,24,25,27). The van der Waals surface area contributed by atoms with Crippen molar-refractivity contribution < 1.29 is 27.1 Å². The van der Waals surface area contributed by atoms with Crippen molar-refractivity contribution in [3.05, 3.63) is 35.5 Å². The lowest BCUT2D eigenvalue weighted by molar-refractivity contribution is -0.141. The highest BCUT2D eigenvalue weighted by molar-refractivity contribution is 6.08. The first kappa shape index (κ1) is 20.7. The molecule has 0 fully saturated rings. The summed E-state index contributed by atoms with van der Waals surface area (Å²) < 4.78 is 51.0. The van der Waals surface area contributed by atoms with Gasteiger partial charge in [0.25, 0.3) is 5.91 Å². The van der Waals surface area contributed by atoms with Gasteiger partial charge in [-0.15, -0.1) is 0 Å². The minimum atomic E-state index is -4.48. The number of aromatic nitrogens is 3. The van der Waals surface area contributed by atoms with Crippen LogP contribution in [0.5, 0.6) is 5.75 Å². The Morgan fingerprint density at radius 3 is 2.66 bits per heavy atom. The molecule has 29 heavy (non-hydrogen) atoms. The summed E-state index contributed by atoms with van der Waals surface area (Å²) in [6.45, 7) is 5.73. The number of nitrogens with zero attached hydrogens (tertiary/aromatic N) is 3. The number of anilines is 1. The monoisotopic (exact) mass is 410 g/mol. The zero-order valence-corrected chi connectivity index (χ0v) is 16.4. The fourth-order valence-corrected chi connectivity index (χ4v) is 2.91. The predicted molar refractivity (Wildman–Crippen MR) is 100 cm³/mol.